The number of carbonyl (C=O) groups is 6. The van der Waals surface area contributed by atoms with Crippen molar-refractivity contribution >= 4 is 36.4 Å². The molecule has 0 saturated carbocycles. The van der Waals surface area contributed by atoms with Crippen LogP contribution in [0.5, 0.6) is 0 Å². The van der Waals surface area contributed by atoms with E-state index in [1.54, 1.807) is 30.3 Å². The Balaban J connectivity index is 0.000000587. The second-order valence-corrected chi connectivity index (χ2v) is 17.4. The first-order chi connectivity index (χ1) is 41.8. The molecule has 3 aromatic heterocycles. The van der Waals surface area contributed by atoms with E-state index in [1.165, 1.54) is 81.9 Å². The molecule has 3 aromatic carbocycles. The molecule has 30 nitrogen and oxygen atoms in total. The largest absolute Gasteiger partial charge is 0.503 e. The van der Waals surface area contributed by atoms with Crippen molar-refractivity contribution in [3.05, 3.63) is 206 Å². The highest BCUT2D eigenvalue weighted by molar-refractivity contribution is 5.91. The third-order valence-electron chi connectivity index (χ3n) is 11.3. The Kier molecular flexibility index (Phi) is 35.2. The minimum absolute atomic E-state index is 0.00911. The summed E-state index contributed by atoms with van der Waals surface area (Å²) in [5.74, 6) is -1.81. The van der Waals surface area contributed by atoms with Crippen LogP contribution >= 0.6 is 0 Å². The van der Waals surface area contributed by atoms with E-state index in [1.807, 2.05) is 59.7 Å². The molecule has 8 rings (SSSR count). The summed E-state index contributed by atoms with van der Waals surface area (Å²) in [5, 5.41) is 41.8. The molecule has 31 heteroatoms. The summed E-state index contributed by atoms with van der Waals surface area (Å²) in [4.78, 5) is 136. The number of nitrogens with one attached hydrogen (secondary N) is 3. The van der Waals surface area contributed by atoms with Gasteiger partial charge < -0.3 is 63.6 Å². The summed E-state index contributed by atoms with van der Waals surface area (Å²) in [7, 11) is 1.46. The normalized spacial score (nSPS) is 15.1. The van der Waals surface area contributed by atoms with Gasteiger partial charge in [-0.05, 0) is 94.0 Å². The molecule has 5 atom stereocenters. The number of aryl methyl sites for hydroxylation is 3. The molecule has 2 fully saturated rings. The SMILES string of the molecule is CC.CC.COC(CCn1ccc(=O)[nH]c1=O)COC(=O)c1ccc(F)cc1.Cc1cccc(C(=O)OCC2CCC(n3ccc(=O)[nH]c3=O)O2)c1.Cc1ccccc1C(=O)OCC1CCC(n2ccc(=O)[nH]c2=O)O1.O=C(O)O.O=C(O)O.O=C(O)O. The van der Waals surface area contributed by atoms with Gasteiger partial charge in [-0.1, -0.05) is 63.6 Å². The fourth-order valence-corrected chi connectivity index (χ4v) is 7.42. The molecule has 0 spiro atoms. The maximum Gasteiger partial charge on any atom is 0.503 e. The summed E-state index contributed by atoms with van der Waals surface area (Å²) in [5.41, 5.74) is 0.222. The summed E-state index contributed by atoms with van der Waals surface area (Å²) in [6, 6.07) is 23.2. The van der Waals surface area contributed by atoms with E-state index in [2.05, 4.69) is 15.0 Å². The second kappa shape index (κ2) is 40.9. The topological polar surface area (TPSA) is 444 Å². The molecule has 0 bridgehead atoms. The number of halogens is 1. The minimum atomic E-state index is -1.83. The number of hydrogen-bond acceptors (Lipinski definition) is 18. The van der Waals surface area contributed by atoms with Crippen molar-refractivity contribution in [1.29, 1.82) is 0 Å². The Morgan fingerprint density at radius 1 is 0.557 bits per heavy atom. The lowest BCUT2D eigenvalue weighted by Crippen LogP contribution is -2.31. The molecule has 5 unspecified atom stereocenters. The Labute approximate surface area is 499 Å². The van der Waals surface area contributed by atoms with Crippen LogP contribution in [-0.2, 0) is 35.0 Å². The van der Waals surface area contributed by atoms with Crippen LogP contribution in [0.3, 0.4) is 0 Å². The summed E-state index contributed by atoms with van der Waals surface area (Å²) >= 11 is 0. The van der Waals surface area contributed by atoms with Crippen molar-refractivity contribution in [2.24, 2.45) is 0 Å². The van der Waals surface area contributed by atoms with E-state index in [-0.39, 0.29) is 43.6 Å². The van der Waals surface area contributed by atoms with Crippen molar-refractivity contribution in [3.8, 4) is 0 Å². The molecular formula is C57H71FN6O24. The number of methoxy groups -OCH3 is 1. The van der Waals surface area contributed by atoms with Crippen LogP contribution in [0.1, 0.15) is 114 Å². The predicted molar refractivity (Wildman–Crippen MR) is 310 cm³/mol. The number of H-pyrrole nitrogens is 3. The molecule has 480 valence electrons. The Hall–Kier alpha value is -10.3. The van der Waals surface area contributed by atoms with Crippen molar-refractivity contribution in [2.45, 2.75) is 111 Å². The second-order valence-electron chi connectivity index (χ2n) is 17.4. The number of rotatable bonds is 15. The zero-order valence-corrected chi connectivity index (χ0v) is 48.9. The maximum absolute atomic E-state index is 12.8. The number of carbonyl (C=O) groups excluding carboxylic acids is 3. The molecule has 2 aliphatic rings. The van der Waals surface area contributed by atoms with Gasteiger partial charge in [0.15, 0.2) is 0 Å². The van der Waals surface area contributed by atoms with E-state index < -0.39 is 88.5 Å². The van der Waals surface area contributed by atoms with Crippen molar-refractivity contribution in [3.63, 3.8) is 0 Å². The summed E-state index contributed by atoms with van der Waals surface area (Å²) in [6.45, 7) is 12.3. The lowest BCUT2D eigenvalue weighted by atomic mass is 10.1. The molecule has 9 N–H and O–H groups in total. The average Bonchev–Trinajstić information content (AvgIpc) is 2.51. The van der Waals surface area contributed by atoms with Gasteiger partial charge >= 0.3 is 53.4 Å². The molecule has 0 amide bonds. The van der Waals surface area contributed by atoms with Gasteiger partial charge in [0.05, 0.1) is 35.0 Å². The summed E-state index contributed by atoms with van der Waals surface area (Å²) < 4.78 is 49.3. The molecule has 6 aromatic rings. The fraction of sp³-hybridized carbons (Fsp3) is 0.368. The van der Waals surface area contributed by atoms with Crippen LogP contribution in [0, 0.1) is 19.7 Å². The van der Waals surface area contributed by atoms with Crippen LogP contribution < -0.4 is 33.7 Å². The monoisotopic (exact) mass is 1240 g/mol. The molecular weight excluding hydrogens is 1170 g/mol. The zero-order chi connectivity index (χ0) is 66.5. The van der Waals surface area contributed by atoms with Crippen molar-refractivity contribution in [2.75, 3.05) is 26.9 Å². The first kappa shape index (κ1) is 75.7. The standard InChI is InChI=1S/2C17H18N2O5.C16H17FN2O5.2C2H6.3CH2O3/c1-11-3-2-4-12(9-11)16(21)23-10-13-5-6-15(24-13)19-8-7-14(20)18-17(19)22;1-11-4-2-3-5-13(11)16(21)23-10-12-6-7-15(24-12)19-9-8-14(20)18-17(19)22;1-23-13(6-8-19-9-7-14(20)18-16(19)22)10-24-15(21)11-2-4-12(17)5-3-11;2*1-2;3*2-1(3)4/h2-4,7-9,13,15H,5-6,10H2,1H3,(H,18,20,22);2-5,8-9,12,15H,6-7,10H2,1H3,(H,18,20,22);2-5,7,9,13H,6,8,10H2,1H3,(H,18,20,22);2*1-2H3;3*(H2,2,3,4). The Bertz CT molecular complexity index is 3480. The number of esters is 3. The van der Waals surface area contributed by atoms with E-state index in [4.69, 9.17) is 73.4 Å². The molecule has 0 radical (unpaired) electrons. The Morgan fingerprint density at radius 3 is 1.44 bits per heavy atom. The van der Waals surface area contributed by atoms with Gasteiger partial charge in [0.2, 0.25) is 0 Å². The third kappa shape index (κ3) is 29.5. The first-order valence-corrected chi connectivity index (χ1v) is 26.7. The van der Waals surface area contributed by atoms with Gasteiger partial charge in [0.25, 0.3) is 16.7 Å². The first-order valence-electron chi connectivity index (χ1n) is 26.7. The number of ether oxygens (including phenoxy) is 6. The number of nitrogens with zero attached hydrogens (tertiary/aromatic N) is 3. The van der Waals surface area contributed by atoms with Crippen LogP contribution in [0.2, 0.25) is 0 Å². The number of aromatic amines is 3. The molecule has 0 aliphatic carbocycles. The van der Waals surface area contributed by atoms with Gasteiger partial charge in [-0.25, -0.2) is 47.5 Å². The number of carboxylic acid groups (broad SMARTS) is 6. The smallest absolute Gasteiger partial charge is 0.459 e. The average molecular weight is 1240 g/mol. The van der Waals surface area contributed by atoms with E-state index in [0.29, 0.717) is 49.8 Å². The van der Waals surface area contributed by atoms with Crippen LogP contribution in [0.4, 0.5) is 18.8 Å². The maximum atomic E-state index is 12.8. The highest BCUT2D eigenvalue weighted by Gasteiger charge is 2.30. The van der Waals surface area contributed by atoms with Gasteiger partial charge in [-0.2, -0.15) is 0 Å². The number of aromatic nitrogens is 6. The van der Waals surface area contributed by atoms with E-state index in [0.717, 1.165) is 11.1 Å². The van der Waals surface area contributed by atoms with E-state index >= 15 is 0 Å². The molecule has 2 saturated heterocycles. The van der Waals surface area contributed by atoms with E-state index in [9.17, 15) is 47.5 Å². The summed E-state index contributed by atoms with van der Waals surface area (Å²) in [6.07, 6.45) is -0.240. The highest BCUT2D eigenvalue weighted by Crippen LogP contribution is 2.28. The van der Waals surface area contributed by atoms with Crippen molar-refractivity contribution in [1.82, 2.24) is 28.7 Å². The molecule has 2 aliphatic heterocycles. The highest BCUT2D eigenvalue weighted by atomic mass is 19.1. The van der Waals surface area contributed by atoms with Gasteiger partial charge in [-0.3, -0.25) is 38.5 Å². The molecule has 5 heterocycles. The quantitative estimate of drug-likeness (QED) is 0.0395. The minimum Gasteiger partial charge on any atom is -0.459 e. The Morgan fingerprint density at radius 2 is 1.00 bits per heavy atom. The predicted octanol–water partition coefficient (Wildman–Crippen LogP) is 6.42. The molecule has 88 heavy (non-hydrogen) atoms. The zero-order valence-electron chi connectivity index (χ0n) is 48.9. The van der Waals surface area contributed by atoms with Crippen LogP contribution in [0.15, 0.2) is 138 Å². The lowest BCUT2D eigenvalue weighted by Gasteiger charge is -2.16. The van der Waals surface area contributed by atoms with Gasteiger partial charge in [-0.15, -0.1) is 0 Å². The van der Waals surface area contributed by atoms with Gasteiger partial charge in [0, 0.05) is 50.4 Å². The number of hydrogen-bond donors (Lipinski definition) is 9. The third-order valence-corrected chi connectivity index (χ3v) is 11.3. The van der Waals surface area contributed by atoms with Gasteiger partial charge in [0.1, 0.15) is 38.1 Å². The lowest BCUT2D eigenvalue weighted by molar-refractivity contribution is -0.0340. The fourth-order valence-electron chi connectivity index (χ4n) is 7.42. The van der Waals surface area contributed by atoms with Crippen LogP contribution in [-0.4, -0.2) is 141 Å². The van der Waals surface area contributed by atoms with Crippen molar-refractivity contribution < 1.29 is 92.2 Å². The number of benzene rings is 3. The van der Waals surface area contributed by atoms with Crippen LogP contribution in [0.25, 0.3) is 0 Å².